The number of anilines is 1. The Kier molecular flexibility index (Phi) is 4.57. The van der Waals surface area contributed by atoms with E-state index in [1.54, 1.807) is 18.4 Å². The molecule has 17 heavy (non-hydrogen) atoms. The summed E-state index contributed by atoms with van der Waals surface area (Å²) in [4.78, 5) is 13.1. The maximum absolute atomic E-state index is 11.9. The summed E-state index contributed by atoms with van der Waals surface area (Å²) in [5.74, 6) is 0.862. The summed E-state index contributed by atoms with van der Waals surface area (Å²) < 4.78 is 0. The molecule has 0 aliphatic carbocycles. The van der Waals surface area contributed by atoms with E-state index in [2.05, 4.69) is 33.0 Å². The standard InChI is InChI=1S/C13H22N2OS/c1-7(2)6-9-10(13(16)15-5)12(14)17-11(9)8(3)4/h7-8H,6,14H2,1-5H3,(H,15,16). The maximum Gasteiger partial charge on any atom is 0.254 e. The van der Waals surface area contributed by atoms with Crippen LogP contribution in [0.15, 0.2) is 0 Å². The van der Waals surface area contributed by atoms with E-state index in [0.717, 1.165) is 12.0 Å². The molecule has 4 heteroatoms. The molecule has 96 valence electrons. The van der Waals surface area contributed by atoms with Crippen molar-refractivity contribution in [2.75, 3.05) is 12.8 Å². The van der Waals surface area contributed by atoms with Gasteiger partial charge in [0, 0.05) is 11.9 Å². The minimum atomic E-state index is -0.0682. The fraction of sp³-hybridized carbons (Fsp3) is 0.615. The molecule has 1 rings (SSSR count). The predicted molar refractivity (Wildman–Crippen MR) is 74.8 cm³/mol. The fourth-order valence-corrected chi connectivity index (χ4v) is 3.05. The zero-order valence-corrected chi connectivity index (χ0v) is 12.1. The SMILES string of the molecule is CNC(=O)c1c(N)sc(C(C)C)c1CC(C)C. The molecule has 0 fully saturated rings. The smallest absolute Gasteiger partial charge is 0.254 e. The van der Waals surface area contributed by atoms with Crippen LogP contribution in [-0.4, -0.2) is 13.0 Å². The van der Waals surface area contributed by atoms with Crippen LogP contribution in [0.2, 0.25) is 0 Å². The molecule has 0 unspecified atom stereocenters. The van der Waals surface area contributed by atoms with E-state index in [4.69, 9.17) is 5.73 Å². The zero-order valence-electron chi connectivity index (χ0n) is 11.3. The Balaban J connectivity index is 3.31. The molecular formula is C13H22N2OS. The monoisotopic (exact) mass is 254 g/mol. The van der Waals surface area contributed by atoms with Gasteiger partial charge in [0.15, 0.2) is 0 Å². The molecule has 0 saturated carbocycles. The molecule has 1 amide bonds. The number of thiophene rings is 1. The second-order valence-corrected chi connectivity index (χ2v) is 6.10. The summed E-state index contributed by atoms with van der Waals surface area (Å²) >= 11 is 1.55. The lowest BCUT2D eigenvalue weighted by atomic mass is 9.95. The fourth-order valence-electron chi connectivity index (χ4n) is 1.95. The Morgan fingerprint density at radius 1 is 1.35 bits per heavy atom. The summed E-state index contributed by atoms with van der Waals surface area (Å²) in [7, 11) is 1.65. The largest absolute Gasteiger partial charge is 0.390 e. The molecule has 0 saturated heterocycles. The predicted octanol–water partition coefficient (Wildman–Crippen LogP) is 3.01. The minimum absolute atomic E-state index is 0.0682. The first kappa shape index (κ1) is 14.0. The molecule has 0 atom stereocenters. The lowest BCUT2D eigenvalue weighted by molar-refractivity contribution is 0.0963. The third-order valence-corrected chi connectivity index (χ3v) is 4.02. The maximum atomic E-state index is 11.9. The van der Waals surface area contributed by atoms with Gasteiger partial charge in [-0.2, -0.15) is 0 Å². The van der Waals surface area contributed by atoms with Crippen molar-refractivity contribution in [3.8, 4) is 0 Å². The summed E-state index contributed by atoms with van der Waals surface area (Å²) in [5, 5.41) is 3.32. The minimum Gasteiger partial charge on any atom is -0.390 e. The molecule has 0 radical (unpaired) electrons. The van der Waals surface area contributed by atoms with Crippen LogP contribution in [0.1, 0.15) is 54.4 Å². The van der Waals surface area contributed by atoms with Gasteiger partial charge in [-0.15, -0.1) is 11.3 Å². The lowest BCUT2D eigenvalue weighted by Gasteiger charge is -2.11. The molecule has 1 heterocycles. The van der Waals surface area contributed by atoms with Crippen molar-refractivity contribution in [1.82, 2.24) is 5.32 Å². The Bertz CT molecular complexity index is 408. The molecule has 1 aromatic heterocycles. The van der Waals surface area contributed by atoms with Crippen LogP contribution in [-0.2, 0) is 6.42 Å². The highest BCUT2D eigenvalue weighted by molar-refractivity contribution is 7.16. The Hall–Kier alpha value is -1.03. The van der Waals surface area contributed by atoms with Crippen molar-refractivity contribution in [2.24, 2.45) is 5.92 Å². The summed E-state index contributed by atoms with van der Waals surface area (Å²) in [5.41, 5.74) is 7.82. The quantitative estimate of drug-likeness (QED) is 0.867. The van der Waals surface area contributed by atoms with Gasteiger partial charge in [-0.25, -0.2) is 0 Å². The third-order valence-electron chi connectivity index (χ3n) is 2.66. The van der Waals surface area contributed by atoms with E-state index < -0.39 is 0 Å². The van der Waals surface area contributed by atoms with Crippen molar-refractivity contribution in [1.29, 1.82) is 0 Å². The highest BCUT2D eigenvalue weighted by atomic mass is 32.1. The lowest BCUT2D eigenvalue weighted by Crippen LogP contribution is -2.20. The summed E-state index contributed by atoms with van der Waals surface area (Å²) in [6.07, 6.45) is 0.907. The van der Waals surface area contributed by atoms with E-state index in [1.165, 1.54) is 4.88 Å². The van der Waals surface area contributed by atoms with Crippen molar-refractivity contribution < 1.29 is 4.79 Å². The Labute approximate surface area is 107 Å². The van der Waals surface area contributed by atoms with E-state index in [0.29, 0.717) is 22.4 Å². The van der Waals surface area contributed by atoms with Crippen LogP contribution in [0, 0.1) is 5.92 Å². The second-order valence-electron chi connectivity index (χ2n) is 5.02. The normalized spacial score (nSPS) is 11.2. The van der Waals surface area contributed by atoms with Crippen LogP contribution in [0.5, 0.6) is 0 Å². The Morgan fingerprint density at radius 2 is 1.94 bits per heavy atom. The first-order valence-corrected chi connectivity index (χ1v) is 6.83. The van der Waals surface area contributed by atoms with Crippen LogP contribution >= 0.6 is 11.3 Å². The molecule has 0 aliphatic heterocycles. The number of nitrogens with two attached hydrogens (primary N) is 1. The first-order chi connectivity index (χ1) is 7.88. The average Bonchev–Trinajstić information content (AvgIpc) is 2.54. The number of carbonyl (C=O) groups is 1. The molecule has 0 spiro atoms. The highest BCUT2D eigenvalue weighted by Gasteiger charge is 2.23. The van der Waals surface area contributed by atoms with Gasteiger partial charge in [-0.3, -0.25) is 4.79 Å². The van der Waals surface area contributed by atoms with Crippen LogP contribution in [0.25, 0.3) is 0 Å². The molecule has 0 bridgehead atoms. The van der Waals surface area contributed by atoms with Crippen LogP contribution in [0.3, 0.4) is 0 Å². The van der Waals surface area contributed by atoms with Gasteiger partial charge >= 0.3 is 0 Å². The number of carbonyl (C=O) groups excluding carboxylic acids is 1. The third kappa shape index (κ3) is 3.00. The number of nitrogen functional groups attached to an aromatic ring is 1. The average molecular weight is 254 g/mol. The summed E-state index contributed by atoms with van der Waals surface area (Å²) in [6.45, 7) is 8.60. The van der Waals surface area contributed by atoms with E-state index in [-0.39, 0.29) is 5.91 Å². The molecule has 3 N–H and O–H groups in total. The van der Waals surface area contributed by atoms with Gasteiger partial charge < -0.3 is 11.1 Å². The molecular weight excluding hydrogens is 232 g/mol. The summed E-state index contributed by atoms with van der Waals surface area (Å²) in [6, 6.07) is 0. The molecule has 0 aliphatic rings. The molecule has 3 nitrogen and oxygen atoms in total. The number of hydrogen-bond donors (Lipinski definition) is 2. The van der Waals surface area contributed by atoms with Crippen LogP contribution < -0.4 is 11.1 Å². The van der Waals surface area contributed by atoms with Crippen molar-refractivity contribution in [3.05, 3.63) is 16.0 Å². The van der Waals surface area contributed by atoms with Gasteiger partial charge in [-0.05, 0) is 23.8 Å². The highest BCUT2D eigenvalue weighted by Crippen LogP contribution is 2.37. The molecule has 0 aromatic carbocycles. The zero-order chi connectivity index (χ0) is 13.2. The molecule has 1 aromatic rings. The van der Waals surface area contributed by atoms with Gasteiger partial charge in [0.1, 0.15) is 0 Å². The van der Waals surface area contributed by atoms with E-state index in [9.17, 15) is 4.79 Å². The first-order valence-electron chi connectivity index (χ1n) is 6.01. The van der Waals surface area contributed by atoms with Gasteiger partial charge in [0.05, 0.1) is 10.6 Å². The van der Waals surface area contributed by atoms with Crippen molar-refractivity contribution in [2.45, 2.75) is 40.0 Å². The number of nitrogens with one attached hydrogen (secondary N) is 1. The number of hydrogen-bond acceptors (Lipinski definition) is 3. The van der Waals surface area contributed by atoms with Crippen LogP contribution in [0.4, 0.5) is 5.00 Å². The van der Waals surface area contributed by atoms with Crippen molar-refractivity contribution in [3.63, 3.8) is 0 Å². The number of amides is 1. The second kappa shape index (κ2) is 5.54. The van der Waals surface area contributed by atoms with Gasteiger partial charge in [0.2, 0.25) is 0 Å². The topological polar surface area (TPSA) is 55.1 Å². The van der Waals surface area contributed by atoms with E-state index >= 15 is 0 Å². The van der Waals surface area contributed by atoms with Gasteiger partial charge in [0.25, 0.3) is 5.91 Å². The van der Waals surface area contributed by atoms with E-state index in [1.807, 2.05) is 0 Å². The number of rotatable bonds is 4. The van der Waals surface area contributed by atoms with Gasteiger partial charge in [-0.1, -0.05) is 27.7 Å². The Morgan fingerprint density at radius 3 is 2.35 bits per heavy atom. The van der Waals surface area contributed by atoms with Crippen molar-refractivity contribution >= 4 is 22.2 Å².